The topological polar surface area (TPSA) is 71.3 Å². The summed E-state index contributed by atoms with van der Waals surface area (Å²) in [6.07, 6.45) is 6.40. The van der Waals surface area contributed by atoms with Gasteiger partial charge in [0.15, 0.2) is 10.8 Å². The van der Waals surface area contributed by atoms with Gasteiger partial charge < -0.3 is 14.7 Å². The molecule has 0 aromatic carbocycles. The molecule has 1 saturated heterocycles. The van der Waals surface area contributed by atoms with Gasteiger partial charge in [-0.3, -0.25) is 4.79 Å². The summed E-state index contributed by atoms with van der Waals surface area (Å²) in [5, 5.41) is 9.97. The van der Waals surface area contributed by atoms with Crippen LogP contribution >= 0.6 is 11.3 Å². The first kappa shape index (κ1) is 14.7. The van der Waals surface area contributed by atoms with Crippen LogP contribution in [0.4, 0.5) is 5.13 Å². The van der Waals surface area contributed by atoms with E-state index >= 15 is 0 Å². The van der Waals surface area contributed by atoms with E-state index in [4.69, 9.17) is 4.52 Å². The molecule has 23 heavy (non-hydrogen) atoms. The van der Waals surface area contributed by atoms with Gasteiger partial charge in [-0.25, -0.2) is 4.98 Å². The van der Waals surface area contributed by atoms with E-state index in [1.165, 1.54) is 0 Å². The molecule has 3 heterocycles. The van der Waals surface area contributed by atoms with E-state index in [1.54, 1.807) is 17.4 Å². The molecule has 0 unspecified atom stereocenters. The van der Waals surface area contributed by atoms with Crippen molar-refractivity contribution in [1.82, 2.24) is 15.5 Å². The van der Waals surface area contributed by atoms with E-state index in [2.05, 4.69) is 20.4 Å². The number of carbonyl (C=O) groups is 1. The molecular weight excluding hydrogens is 312 g/mol. The maximum Gasteiger partial charge on any atom is 0.273 e. The van der Waals surface area contributed by atoms with Gasteiger partial charge in [0, 0.05) is 43.2 Å². The Balaban J connectivity index is 1.30. The van der Waals surface area contributed by atoms with Crippen molar-refractivity contribution >= 4 is 22.4 Å². The molecule has 0 spiro atoms. The predicted octanol–water partition coefficient (Wildman–Crippen LogP) is 2.65. The van der Waals surface area contributed by atoms with Crippen molar-refractivity contribution in [3.8, 4) is 0 Å². The van der Waals surface area contributed by atoms with E-state index in [0.717, 1.165) is 49.7 Å². The summed E-state index contributed by atoms with van der Waals surface area (Å²) in [5.74, 6) is 1.65. The van der Waals surface area contributed by atoms with Gasteiger partial charge in [-0.2, -0.15) is 0 Å². The van der Waals surface area contributed by atoms with Crippen LogP contribution in [0.3, 0.4) is 0 Å². The first-order valence-corrected chi connectivity index (χ1v) is 9.07. The fourth-order valence-corrected chi connectivity index (χ4v) is 3.74. The molecule has 7 heteroatoms. The summed E-state index contributed by atoms with van der Waals surface area (Å²) in [6.45, 7) is 2.66. The van der Waals surface area contributed by atoms with Gasteiger partial charge in [-0.15, -0.1) is 11.3 Å². The highest BCUT2D eigenvalue weighted by atomic mass is 32.1. The molecule has 2 aromatic rings. The molecule has 122 valence electrons. The molecule has 1 N–H and O–H groups in total. The van der Waals surface area contributed by atoms with Gasteiger partial charge in [0.25, 0.3) is 5.91 Å². The van der Waals surface area contributed by atoms with Gasteiger partial charge in [-0.05, 0) is 31.6 Å². The lowest BCUT2D eigenvalue weighted by atomic mass is 9.98. The lowest BCUT2D eigenvalue weighted by Gasteiger charge is -2.32. The third-order valence-electron chi connectivity index (χ3n) is 4.50. The van der Waals surface area contributed by atoms with Crippen molar-refractivity contribution in [3.05, 3.63) is 29.1 Å². The molecule has 2 aromatic heterocycles. The number of piperidine rings is 1. The first-order valence-electron chi connectivity index (χ1n) is 8.19. The van der Waals surface area contributed by atoms with Crippen LogP contribution in [0.5, 0.6) is 0 Å². The maximum absolute atomic E-state index is 12.2. The molecule has 2 fully saturated rings. The normalized spacial score (nSPS) is 21.4. The van der Waals surface area contributed by atoms with Crippen molar-refractivity contribution in [3.63, 3.8) is 0 Å². The zero-order valence-corrected chi connectivity index (χ0v) is 13.7. The van der Waals surface area contributed by atoms with Gasteiger partial charge >= 0.3 is 0 Å². The number of rotatable bonds is 5. The van der Waals surface area contributed by atoms with Gasteiger partial charge in [0.2, 0.25) is 0 Å². The summed E-state index contributed by atoms with van der Waals surface area (Å²) in [6, 6.07) is 1.79. The minimum absolute atomic E-state index is 0.132. The summed E-state index contributed by atoms with van der Waals surface area (Å²) in [4.78, 5) is 18.9. The van der Waals surface area contributed by atoms with Crippen LogP contribution in [-0.4, -0.2) is 35.7 Å². The number of aromatic nitrogens is 2. The molecule has 6 nitrogen and oxygen atoms in total. The Kier molecular flexibility index (Phi) is 4.03. The van der Waals surface area contributed by atoms with Crippen molar-refractivity contribution in [2.45, 2.75) is 31.6 Å². The zero-order chi connectivity index (χ0) is 15.6. The van der Waals surface area contributed by atoms with Crippen LogP contribution in [0, 0.1) is 5.92 Å². The Morgan fingerprint density at radius 2 is 2.35 bits per heavy atom. The smallest absolute Gasteiger partial charge is 0.273 e. The second kappa shape index (κ2) is 6.31. The maximum atomic E-state index is 12.2. The molecule has 1 aliphatic carbocycles. The molecule has 2 aliphatic rings. The van der Waals surface area contributed by atoms with Crippen LogP contribution in [-0.2, 0) is 0 Å². The monoisotopic (exact) mass is 332 g/mol. The average molecular weight is 332 g/mol. The summed E-state index contributed by atoms with van der Waals surface area (Å²) in [5.41, 5.74) is 0.402. The number of amides is 1. The van der Waals surface area contributed by atoms with Gasteiger partial charge in [0.05, 0.1) is 0 Å². The fraction of sp³-hybridized carbons (Fsp3) is 0.562. The Morgan fingerprint density at radius 3 is 3.13 bits per heavy atom. The third kappa shape index (κ3) is 3.39. The van der Waals surface area contributed by atoms with E-state index in [1.807, 2.05) is 11.6 Å². The summed E-state index contributed by atoms with van der Waals surface area (Å²) in [7, 11) is 0. The van der Waals surface area contributed by atoms with E-state index in [9.17, 15) is 4.79 Å². The lowest BCUT2D eigenvalue weighted by molar-refractivity contribution is 0.0936. The fourth-order valence-electron chi connectivity index (χ4n) is 3.06. The quantitative estimate of drug-likeness (QED) is 0.911. The standard InChI is InChI=1S/C16H20N4O2S/c21-15(13-8-14(22-19-13)12-3-4-12)18-9-11-2-1-6-20(10-11)16-17-5-7-23-16/h5,7-8,11-12H,1-4,6,9-10H2,(H,18,21)/t11-/m1/s1. The van der Waals surface area contributed by atoms with Crippen molar-refractivity contribution in [2.75, 3.05) is 24.5 Å². The number of nitrogens with zero attached hydrogens (tertiary/aromatic N) is 3. The molecule has 1 saturated carbocycles. The minimum Gasteiger partial charge on any atom is -0.360 e. The largest absolute Gasteiger partial charge is 0.360 e. The Labute approximate surface area is 138 Å². The number of hydrogen-bond donors (Lipinski definition) is 1. The number of hydrogen-bond acceptors (Lipinski definition) is 6. The molecule has 0 bridgehead atoms. The molecule has 1 atom stereocenters. The lowest BCUT2D eigenvalue weighted by Crippen LogP contribution is -2.41. The Morgan fingerprint density at radius 1 is 1.43 bits per heavy atom. The predicted molar refractivity (Wildman–Crippen MR) is 87.9 cm³/mol. The molecular formula is C16H20N4O2S. The Bertz CT molecular complexity index is 665. The van der Waals surface area contributed by atoms with Crippen molar-refractivity contribution < 1.29 is 9.32 Å². The highest BCUT2D eigenvalue weighted by Gasteiger charge is 2.29. The average Bonchev–Trinajstić information content (AvgIpc) is 3.09. The van der Waals surface area contributed by atoms with E-state index in [-0.39, 0.29) is 5.91 Å². The van der Waals surface area contributed by atoms with E-state index in [0.29, 0.717) is 24.1 Å². The molecule has 0 radical (unpaired) electrons. The minimum atomic E-state index is -0.132. The number of thiazole rings is 1. The van der Waals surface area contributed by atoms with Gasteiger partial charge in [-0.1, -0.05) is 5.16 Å². The summed E-state index contributed by atoms with van der Waals surface area (Å²) >= 11 is 1.67. The third-order valence-corrected chi connectivity index (χ3v) is 5.33. The summed E-state index contributed by atoms with van der Waals surface area (Å²) < 4.78 is 5.24. The van der Waals surface area contributed by atoms with Crippen LogP contribution in [0.2, 0.25) is 0 Å². The van der Waals surface area contributed by atoms with Crippen molar-refractivity contribution in [1.29, 1.82) is 0 Å². The second-order valence-corrected chi connectivity index (χ2v) is 7.24. The molecule has 1 amide bonds. The van der Waals surface area contributed by atoms with Gasteiger partial charge in [0.1, 0.15) is 5.76 Å². The highest BCUT2D eigenvalue weighted by Crippen LogP contribution is 2.40. The first-order chi connectivity index (χ1) is 11.3. The Hall–Kier alpha value is -1.89. The van der Waals surface area contributed by atoms with Crippen LogP contribution in [0.25, 0.3) is 0 Å². The van der Waals surface area contributed by atoms with Crippen LogP contribution < -0.4 is 10.2 Å². The second-order valence-electron chi connectivity index (χ2n) is 6.37. The molecule has 4 rings (SSSR count). The highest BCUT2D eigenvalue weighted by molar-refractivity contribution is 7.13. The van der Waals surface area contributed by atoms with Crippen LogP contribution in [0.15, 0.2) is 22.2 Å². The zero-order valence-electron chi connectivity index (χ0n) is 12.9. The molecule has 1 aliphatic heterocycles. The number of carbonyl (C=O) groups excluding carboxylic acids is 1. The van der Waals surface area contributed by atoms with Crippen molar-refractivity contribution in [2.24, 2.45) is 5.92 Å². The van der Waals surface area contributed by atoms with E-state index < -0.39 is 0 Å². The SMILES string of the molecule is O=C(NC[C@H]1CCCN(c2nccs2)C1)c1cc(C2CC2)on1. The number of nitrogens with one attached hydrogen (secondary N) is 1. The number of anilines is 1. The van der Waals surface area contributed by atoms with Crippen LogP contribution in [0.1, 0.15) is 47.8 Å².